The van der Waals surface area contributed by atoms with E-state index in [1.165, 1.54) is 22.1 Å². The van der Waals surface area contributed by atoms with Crippen LogP contribution in [0.3, 0.4) is 0 Å². The molecule has 0 spiro atoms. The Balaban J connectivity index is 1.41. The van der Waals surface area contributed by atoms with Gasteiger partial charge in [0.2, 0.25) is 15.9 Å². The van der Waals surface area contributed by atoms with Gasteiger partial charge in [-0.15, -0.1) is 0 Å². The first-order valence-corrected chi connectivity index (χ1v) is 13.7. The number of amides is 2. The molecular weight excluding hydrogens is 452 g/mol. The third-order valence-electron chi connectivity index (χ3n) is 6.80. The van der Waals surface area contributed by atoms with Crippen molar-refractivity contribution in [3.63, 3.8) is 0 Å². The molecule has 0 aliphatic carbocycles. The number of hydrogen-bond acceptors (Lipinski definition) is 4. The van der Waals surface area contributed by atoms with E-state index < -0.39 is 15.9 Å². The van der Waals surface area contributed by atoms with E-state index in [2.05, 4.69) is 17.2 Å². The van der Waals surface area contributed by atoms with Gasteiger partial charge in [-0.25, -0.2) is 8.42 Å². The Bertz CT molecular complexity index is 1100. The fraction of sp³-hybridized carbons (Fsp3) is 0.520. The summed E-state index contributed by atoms with van der Waals surface area (Å²) in [6.45, 7) is 3.96. The standard InChI is InChI=1S/C25H34N4O4S/c1-2-19-9-11-21(12-10-19)27-24(30)20-8-7-15-29(18-20)34(32,33)22-16-23(26-17-22)25(31)28-13-5-3-4-6-14-28/h9-12,16-17,20,26H,2-8,13-15,18H2,1H3,(H,27,30)/t20-/m1/s1. The Morgan fingerprint density at radius 1 is 1.03 bits per heavy atom. The van der Waals surface area contributed by atoms with Gasteiger partial charge in [-0.3, -0.25) is 9.59 Å². The first-order valence-electron chi connectivity index (χ1n) is 12.3. The summed E-state index contributed by atoms with van der Waals surface area (Å²) >= 11 is 0. The maximum Gasteiger partial charge on any atom is 0.270 e. The second kappa shape index (κ2) is 10.7. The van der Waals surface area contributed by atoms with Gasteiger partial charge in [0, 0.05) is 38.1 Å². The zero-order valence-electron chi connectivity index (χ0n) is 19.8. The van der Waals surface area contributed by atoms with Crippen molar-refractivity contribution in [2.24, 2.45) is 5.92 Å². The van der Waals surface area contributed by atoms with Crippen LogP contribution in [0, 0.1) is 5.92 Å². The summed E-state index contributed by atoms with van der Waals surface area (Å²) in [5.41, 5.74) is 2.19. The molecular formula is C25H34N4O4S. The van der Waals surface area contributed by atoms with Crippen LogP contribution in [-0.4, -0.2) is 60.6 Å². The van der Waals surface area contributed by atoms with E-state index in [0.29, 0.717) is 43.9 Å². The lowest BCUT2D eigenvalue weighted by Crippen LogP contribution is -2.43. The third-order valence-corrected chi connectivity index (χ3v) is 8.65. The van der Waals surface area contributed by atoms with Gasteiger partial charge < -0.3 is 15.2 Å². The molecule has 0 bridgehead atoms. The van der Waals surface area contributed by atoms with Crippen LogP contribution in [0.1, 0.15) is 61.5 Å². The molecule has 2 fully saturated rings. The molecule has 3 heterocycles. The lowest BCUT2D eigenvalue weighted by Gasteiger charge is -2.31. The number of anilines is 1. The summed E-state index contributed by atoms with van der Waals surface area (Å²) in [5.74, 6) is -0.755. The lowest BCUT2D eigenvalue weighted by atomic mass is 9.98. The molecule has 2 aliphatic rings. The van der Waals surface area contributed by atoms with Gasteiger partial charge in [0.25, 0.3) is 5.91 Å². The molecule has 2 aromatic rings. The minimum absolute atomic E-state index is 0.0712. The van der Waals surface area contributed by atoms with Gasteiger partial charge in [-0.1, -0.05) is 31.9 Å². The van der Waals surface area contributed by atoms with Gasteiger partial charge in [-0.05, 0) is 55.9 Å². The number of nitrogens with zero attached hydrogens (tertiary/aromatic N) is 2. The molecule has 4 rings (SSSR count). The molecule has 9 heteroatoms. The number of rotatable bonds is 6. The van der Waals surface area contributed by atoms with Crippen LogP contribution >= 0.6 is 0 Å². The minimum atomic E-state index is -3.81. The van der Waals surface area contributed by atoms with E-state index in [0.717, 1.165) is 32.1 Å². The number of aromatic nitrogens is 1. The van der Waals surface area contributed by atoms with Crippen LogP contribution in [0.15, 0.2) is 41.4 Å². The second-order valence-electron chi connectivity index (χ2n) is 9.20. The molecule has 1 aromatic heterocycles. The number of piperidine rings is 1. The number of carbonyl (C=O) groups is 2. The fourth-order valence-electron chi connectivity index (χ4n) is 4.68. The Morgan fingerprint density at radius 2 is 1.74 bits per heavy atom. The Labute approximate surface area is 201 Å². The predicted molar refractivity (Wildman–Crippen MR) is 131 cm³/mol. The van der Waals surface area contributed by atoms with Crippen molar-refractivity contribution in [3.05, 3.63) is 47.8 Å². The average Bonchev–Trinajstić information content (AvgIpc) is 3.21. The van der Waals surface area contributed by atoms with Gasteiger partial charge in [0.05, 0.1) is 5.92 Å². The highest BCUT2D eigenvalue weighted by molar-refractivity contribution is 7.89. The van der Waals surface area contributed by atoms with Crippen molar-refractivity contribution in [1.29, 1.82) is 0 Å². The summed E-state index contributed by atoms with van der Waals surface area (Å²) in [4.78, 5) is 30.4. The number of carbonyl (C=O) groups excluding carboxylic acids is 2. The maximum atomic E-state index is 13.3. The largest absolute Gasteiger partial charge is 0.356 e. The van der Waals surface area contributed by atoms with E-state index >= 15 is 0 Å². The first kappa shape index (κ1) is 24.5. The summed E-state index contributed by atoms with van der Waals surface area (Å²) < 4.78 is 28.0. The van der Waals surface area contributed by atoms with E-state index in [1.54, 1.807) is 4.90 Å². The SMILES string of the molecule is CCc1ccc(NC(=O)[C@@H]2CCCN(S(=O)(=O)c3c[nH]c(C(=O)N4CCCCCC4)c3)C2)cc1. The Kier molecular flexibility index (Phi) is 7.73. The van der Waals surface area contributed by atoms with Crippen molar-refractivity contribution in [2.75, 3.05) is 31.5 Å². The molecule has 2 aliphatic heterocycles. The normalized spacial score (nSPS) is 20.0. The third kappa shape index (κ3) is 5.52. The van der Waals surface area contributed by atoms with Gasteiger partial charge >= 0.3 is 0 Å². The smallest absolute Gasteiger partial charge is 0.270 e. The van der Waals surface area contributed by atoms with E-state index in [9.17, 15) is 18.0 Å². The van der Waals surface area contributed by atoms with E-state index in [1.807, 2.05) is 24.3 Å². The molecule has 0 radical (unpaired) electrons. The Hall–Kier alpha value is -2.65. The van der Waals surface area contributed by atoms with Crippen molar-refractivity contribution >= 4 is 27.5 Å². The van der Waals surface area contributed by atoms with E-state index in [4.69, 9.17) is 0 Å². The lowest BCUT2D eigenvalue weighted by molar-refractivity contribution is -0.120. The molecule has 8 nitrogen and oxygen atoms in total. The highest BCUT2D eigenvalue weighted by Crippen LogP contribution is 2.26. The zero-order valence-corrected chi connectivity index (χ0v) is 20.6. The summed E-state index contributed by atoms with van der Waals surface area (Å²) in [6.07, 6.45) is 7.72. The Morgan fingerprint density at radius 3 is 2.41 bits per heavy atom. The second-order valence-corrected chi connectivity index (χ2v) is 11.1. The number of hydrogen-bond donors (Lipinski definition) is 2. The van der Waals surface area contributed by atoms with Crippen LogP contribution in [-0.2, 0) is 21.2 Å². The summed E-state index contributed by atoms with van der Waals surface area (Å²) in [5, 5.41) is 2.92. The molecule has 34 heavy (non-hydrogen) atoms. The number of sulfonamides is 1. The minimum Gasteiger partial charge on any atom is -0.356 e. The first-order chi connectivity index (χ1) is 16.4. The van der Waals surface area contributed by atoms with Gasteiger partial charge in [-0.2, -0.15) is 4.31 Å². The monoisotopic (exact) mass is 486 g/mol. The van der Waals surface area contributed by atoms with Crippen molar-refractivity contribution < 1.29 is 18.0 Å². The number of likely N-dealkylation sites (tertiary alicyclic amines) is 1. The molecule has 2 N–H and O–H groups in total. The van der Waals surface area contributed by atoms with Crippen molar-refractivity contribution in [3.8, 4) is 0 Å². The van der Waals surface area contributed by atoms with E-state index in [-0.39, 0.29) is 23.3 Å². The maximum absolute atomic E-state index is 13.3. The van der Waals surface area contributed by atoms with Gasteiger partial charge in [0.15, 0.2) is 0 Å². The van der Waals surface area contributed by atoms with Crippen LogP contribution < -0.4 is 5.32 Å². The average molecular weight is 487 g/mol. The number of aromatic amines is 1. The number of benzene rings is 1. The molecule has 184 valence electrons. The zero-order chi connectivity index (χ0) is 24.1. The van der Waals surface area contributed by atoms with Crippen molar-refractivity contribution in [1.82, 2.24) is 14.2 Å². The molecule has 0 saturated carbocycles. The summed E-state index contributed by atoms with van der Waals surface area (Å²) in [6, 6.07) is 9.13. The van der Waals surface area contributed by atoms with Crippen LogP contribution in [0.5, 0.6) is 0 Å². The molecule has 2 amide bonds. The van der Waals surface area contributed by atoms with Gasteiger partial charge in [0.1, 0.15) is 10.6 Å². The quantitative estimate of drug-likeness (QED) is 0.651. The fourth-order valence-corrected chi connectivity index (χ4v) is 6.20. The van der Waals surface area contributed by atoms with Crippen LogP contribution in [0.4, 0.5) is 5.69 Å². The van der Waals surface area contributed by atoms with Crippen molar-refractivity contribution in [2.45, 2.75) is 56.8 Å². The highest BCUT2D eigenvalue weighted by atomic mass is 32.2. The number of nitrogens with one attached hydrogen (secondary N) is 2. The topological polar surface area (TPSA) is 103 Å². The number of aryl methyl sites for hydroxylation is 1. The predicted octanol–water partition coefficient (Wildman–Crippen LogP) is 3.63. The van der Waals surface area contributed by atoms with Crippen LogP contribution in [0.25, 0.3) is 0 Å². The molecule has 1 atom stereocenters. The highest BCUT2D eigenvalue weighted by Gasteiger charge is 2.34. The molecule has 0 unspecified atom stereocenters. The van der Waals surface area contributed by atoms with Crippen LogP contribution in [0.2, 0.25) is 0 Å². The molecule has 2 saturated heterocycles. The summed E-state index contributed by atoms with van der Waals surface area (Å²) in [7, 11) is -3.81. The molecule has 1 aromatic carbocycles. The number of H-pyrrole nitrogens is 1.